The fraction of sp³-hybridized carbons (Fsp3) is 0.222. The molecule has 1 N–H and O–H groups in total. The Morgan fingerprint density at radius 3 is 2.31 bits per heavy atom. The topological polar surface area (TPSA) is 37.3 Å². The van der Waals surface area contributed by atoms with E-state index in [1.54, 1.807) is 13.8 Å². The molecule has 0 bridgehead atoms. The lowest BCUT2D eigenvalue weighted by Gasteiger charge is -2.08. The van der Waals surface area contributed by atoms with Gasteiger partial charge >= 0.3 is 5.97 Å². The standard InChI is InChI=1S/C9H8Cl2O2/c1-4-5(2)8(11)7(10)3-6(4)9(12)13/h3H,1-2H3,(H,12,13). The lowest BCUT2D eigenvalue weighted by atomic mass is 10.0. The minimum Gasteiger partial charge on any atom is -0.478 e. The number of carboxylic acids is 1. The molecule has 0 aliphatic heterocycles. The van der Waals surface area contributed by atoms with Gasteiger partial charge in [-0.3, -0.25) is 0 Å². The van der Waals surface area contributed by atoms with Crippen molar-refractivity contribution >= 4 is 29.2 Å². The van der Waals surface area contributed by atoms with Crippen LogP contribution in [0.5, 0.6) is 0 Å². The maximum Gasteiger partial charge on any atom is 0.336 e. The molecule has 0 aliphatic rings. The van der Waals surface area contributed by atoms with Gasteiger partial charge in [0.05, 0.1) is 15.6 Å². The second-order valence-electron chi connectivity index (χ2n) is 2.78. The summed E-state index contributed by atoms with van der Waals surface area (Å²) in [5, 5.41) is 9.50. The van der Waals surface area contributed by atoms with Crippen molar-refractivity contribution in [2.45, 2.75) is 13.8 Å². The van der Waals surface area contributed by atoms with Crippen LogP contribution in [0.2, 0.25) is 10.0 Å². The van der Waals surface area contributed by atoms with Crippen molar-refractivity contribution in [3.63, 3.8) is 0 Å². The van der Waals surface area contributed by atoms with E-state index in [1.165, 1.54) is 6.07 Å². The Hall–Kier alpha value is -0.730. The van der Waals surface area contributed by atoms with Gasteiger partial charge in [0.2, 0.25) is 0 Å². The summed E-state index contributed by atoms with van der Waals surface area (Å²) in [6, 6.07) is 1.37. The summed E-state index contributed by atoms with van der Waals surface area (Å²) in [5.41, 5.74) is 1.57. The van der Waals surface area contributed by atoms with E-state index in [-0.39, 0.29) is 10.6 Å². The molecule has 70 valence electrons. The van der Waals surface area contributed by atoms with E-state index >= 15 is 0 Å². The molecule has 1 rings (SSSR count). The highest BCUT2D eigenvalue weighted by Crippen LogP contribution is 2.30. The Morgan fingerprint density at radius 1 is 1.31 bits per heavy atom. The van der Waals surface area contributed by atoms with Crippen LogP contribution in [-0.4, -0.2) is 11.1 Å². The zero-order chi connectivity index (χ0) is 10.2. The summed E-state index contributed by atoms with van der Waals surface area (Å²) in [6.45, 7) is 3.46. The smallest absolute Gasteiger partial charge is 0.336 e. The zero-order valence-corrected chi connectivity index (χ0v) is 8.70. The fourth-order valence-corrected chi connectivity index (χ4v) is 1.51. The monoisotopic (exact) mass is 218 g/mol. The molecule has 0 atom stereocenters. The average Bonchev–Trinajstić information content (AvgIpc) is 2.07. The minimum atomic E-state index is -0.987. The van der Waals surface area contributed by atoms with E-state index in [0.717, 1.165) is 0 Å². The molecule has 0 fully saturated rings. The van der Waals surface area contributed by atoms with Crippen LogP contribution in [0.15, 0.2) is 6.07 Å². The highest BCUT2D eigenvalue weighted by atomic mass is 35.5. The molecule has 0 heterocycles. The molecular formula is C9H8Cl2O2. The average molecular weight is 219 g/mol. The van der Waals surface area contributed by atoms with Crippen molar-refractivity contribution in [1.29, 1.82) is 0 Å². The Balaban J connectivity index is 3.50. The lowest BCUT2D eigenvalue weighted by Crippen LogP contribution is -2.01. The van der Waals surface area contributed by atoms with E-state index in [9.17, 15) is 4.79 Å². The van der Waals surface area contributed by atoms with Crippen LogP contribution >= 0.6 is 23.2 Å². The van der Waals surface area contributed by atoms with Gasteiger partial charge in [-0.2, -0.15) is 0 Å². The summed E-state index contributed by atoms with van der Waals surface area (Å²) in [5.74, 6) is -0.987. The second-order valence-corrected chi connectivity index (χ2v) is 3.56. The molecule has 0 aliphatic carbocycles. The Labute approximate surface area is 86.1 Å². The van der Waals surface area contributed by atoms with Crippen molar-refractivity contribution in [1.82, 2.24) is 0 Å². The summed E-state index contributed by atoms with van der Waals surface area (Å²) < 4.78 is 0. The molecule has 13 heavy (non-hydrogen) atoms. The van der Waals surface area contributed by atoms with Crippen molar-refractivity contribution in [2.75, 3.05) is 0 Å². The van der Waals surface area contributed by atoms with Crippen molar-refractivity contribution in [3.8, 4) is 0 Å². The van der Waals surface area contributed by atoms with Gasteiger partial charge in [0.25, 0.3) is 0 Å². The van der Waals surface area contributed by atoms with Crippen LogP contribution in [0, 0.1) is 13.8 Å². The lowest BCUT2D eigenvalue weighted by molar-refractivity contribution is 0.0696. The number of carbonyl (C=O) groups is 1. The van der Waals surface area contributed by atoms with Gasteiger partial charge in [-0.1, -0.05) is 23.2 Å². The second kappa shape index (κ2) is 3.56. The summed E-state index contributed by atoms with van der Waals surface area (Å²) >= 11 is 11.6. The molecule has 1 aromatic rings. The molecule has 0 saturated heterocycles. The van der Waals surface area contributed by atoms with Crippen LogP contribution in [0.4, 0.5) is 0 Å². The fourth-order valence-electron chi connectivity index (χ4n) is 1.07. The number of hydrogen-bond donors (Lipinski definition) is 1. The molecule has 0 saturated carbocycles. The van der Waals surface area contributed by atoms with Crippen molar-refractivity contribution < 1.29 is 9.90 Å². The first-order valence-corrected chi connectivity index (χ1v) is 4.39. The molecule has 1 aromatic carbocycles. The molecule has 2 nitrogen and oxygen atoms in total. The number of aromatic carboxylic acids is 1. The maximum absolute atomic E-state index is 10.7. The maximum atomic E-state index is 10.7. The van der Waals surface area contributed by atoms with Crippen LogP contribution in [0.1, 0.15) is 21.5 Å². The van der Waals surface area contributed by atoms with Gasteiger partial charge < -0.3 is 5.11 Å². The largest absolute Gasteiger partial charge is 0.478 e. The van der Waals surface area contributed by atoms with Gasteiger partial charge in [0.15, 0.2) is 0 Å². The normalized spacial score (nSPS) is 10.2. The third-order valence-electron chi connectivity index (χ3n) is 2.01. The number of hydrogen-bond acceptors (Lipinski definition) is 1. The molecule has 0 aromatic heterocycles. The summed E-state index contributed by atoms with van der Waals surface area (Å²) in [7, 11) is 0. The van der Waals surface area contributed by atoms with Gasteiger partial charge in [0.1, 0.15) is 0 Å². The minimum absolute atomic E-state index is 0.201. The SMILES string of the molecule is Cc1c(C(=O)O)cc(Cl)c(Cl)c1C. The van der Waals surface area contributed by atoms with Crippen LogP contribution < -0.4 is 0 Å². The Bertz CT molecular complexity index is 372. The molecular weight excluding hydrogens is 211 g/mol. The van der Waals surface area contributed by atoms with Crippen LogP contribution in [-0.2, 0) is 0 Å². The molecule has 0 radical (unpaired) electrons. The molecule has 0 unspecified atom stereocenters. The highest BCUT2D eigenvalue weighted by Gasteiger charge is 2.13. The molecule has 4 heteroatoms. The Kier molecular flexibility index (Phi) is 2.84. The van der Waals surface area contributed by atoms with Gasteiger partial charge in [-0.25, -0.2) is 4.79 Å². The predicted molar refractivity (Wildman–Crippen MR) is 52.9 cm³/mol. The number of rotatable bonds is 1. The zero-order valence-electron chi connectivity index (χ0n) is 7.19. The number of benzene rings is 1. The van der Waals surface area contributed by atoms with E-state index in [1.807, 2.05) is 0 Å². The first-order chi connectivity index (χ1) is 5.95. The molecule has 0 amide bonds. The Morgan fingerprint density at radius 2 is 1.85 bits per heavy atom. The predicted octanol–water partition coefficient (Wildman–Crippen LogP) is 3.31. The van der Waals surface area contributed by atoms with Gasteiger partial charge in [-0.15, -0.1) is 0 Å². The van der Waals surface area contributed by atoms with E-state index in [2.05, 4.69) is 0 Å². The highest BCUT2D eigenvalue weighted by molar-refractivity contribution is 6.42. The van der Waals surface area contributed by atoms with Gasteiger partial charge in [-0.05, 0) is 31.0 Å². The number of carboxylic acid groups (broad SMARTS) is 1. The first-order valence-electron chi connectivity index (χ1n) is 3.63. The summed E-state index contributed by atoms with van der Waals surface area (Å²) in [6.07, 6.45) is 0. The van der Waals surface area contributed by atoms with Gasteiger partial charge in [0, 0.05) is 0 Å². The van der Waals surface area contributed by atoms with Crippen molar-refractivity contribution in [2.24, 2.45) is 0 Å². The quantitative estimate of drug-likeness (QED) is 0.786. The van der Waals surface area contributed by atoms with Crippen LogP contribution in [0.25, 0.3) is 0 Å². The van der Waals surface area contributed by atoms with Crippen LogP contribution in [0.3, 0.4) is 0 Å². The molecule has 0 spiro atoms. The number of halogens is 2. The first kappa shape index (κ1) is 10.4. The third-order valence-corrected chi connectivity index (χ3v) is 2.89. The van der Waals surface area contributed by atoms with Crippen molar-refractivity contribution in [3.05, 3.63) is 32.8 Å². The summed E-state index contributed by atoms with van der Waals surface area (Å²) in [4.78, 5) is 10.7. The van der Waals surface area contributed by atoms with E-state index in [4.69, 9.17) is 28.3 Å². The van der Waals surface area contributed by atoms with E-state index < -0.39 is 5.97 Å². The van der Waals surface area contributed by atoms with E-state index in [0.29, 0.717) is 16.1 Å². The third kappa shape index (κ3) is 1.79.